The lowest BCUT2D eigenvalue weighted by Crippen LogP contribution is -1.95. The molecule has 0 saturated carbocycles. The maximum Gasteiger partial charge on any atom is 0.0466 e. The number of aryl methyl sites for hydroxylation is 1. The van der Waals surface area contributed by atoms with Gasteiger partial charge in [-0.25, -0.2) is 0 Å². The summed E-state index contributed by atoms with van der Waals surface area (Å²) >= 11 is 0. The predicted molar refractivity (Wildman–Crippen MR) is 57.7 cm³/mol. The molecule has 1 heteroatoms. The normalized spacial score (nSPS) is 12.7. The first-order chi connectivity index (χ1) is 6.26. The highest BCUT2D eigenvalue weighted by molar-refractivity contribution is 5.19. The van der Waals surface area contributed by atoms with Crippen molar-refractivity contribution in [3.8, 4) is 0 Å². The van der Waals surface area contributed by atoms with Crippen molar-refractivity contribution in [2.75, 3.05) is 0 Å². The van der Waals surface area contributed by atoms with Crippen LogP contribution in [0, 0.1) is 6.92 Å². The van der Waals surface area contributed by atoms with Gasteiger partial charge < -0.3 is 4.57 Å². The number of rotatable bonds is 3. The lowest BCUT2D eigenvalue weighted by Gasteiger charge is -2.02. The number of hydrogen-bond acceptors (Lipinski definition) is 0. The van der Waals surface area contributed by atoms with Gasteiger partial charge in [-0.15, -0.1) is 0 Å². The fraction of sp³-hybridized carbons (Fsp3) is 0.333. The molecule has 70 valence electrons. The summed E-state index contributed by atoms with van der Waals surface area (Å²) in [5, 5.41) is 0. The van der Waals surface area contributed by atoms with Crippen molar-refractivity contribution in [3.63, 3.8) is 0 Å². The Labute approximate surface area is 80.4 Å². The molecule has 0 saturated heterocycles. The van der Waals surface area contributed by atoms with Crippen molar-refractivity contribution in [1.82, 2.24) is 4.57 Å². The highest BCUT2D eigenvalue weighted by atomic mass is 14.9. The molecular weight excluding hydrogens is 158 g/mol. The molecule has 13 heavy (non-hydrogen) atoms. The number of allylic oxidation sites excluding steroid dienone is 4. The molecule has 0 aromatic carbocycles. The minimum atomic E-state index is 0.967. The van der Waals surface area contributed by atoms with Gasteiger partial charge in [-0.1, -0.05) is 18.2 Å². The van der Waals surface area contributed by atoms with E-state index in [1.165, 1.54) is 11.1 Å². The standard InChI is InChI=1S/C12H17N/c1-4-6-12(5-2)10-13-8-7-11(3)9-13/h4-9H,10H2,1-3H3/b6-4-,12-5+. The monoisotopic (exact) mass is 175 g/mol. The van der Waals surface area contributed by atoms with Crippen LogP contribution in [0.1, 0.15) is 19.4 Å². The third kappa shape index (κ3) is 2.94. The van der Waals surface area contributed by atoms with Crippen molar-refractivity contribution < 1.29 is 0 Å². The molecule has 0 unspecified atom stereocenters. The lowest BCUT2D eigenvalue weighted by molar-refractivity contribution is 0.802. The largest absolute Gasteiger partial charge is 0.350 e. The van der Waals surface area contributed by atoms with Gasteiger partial charge in [0.15, 0.2) is 0 Å². The van der Waals surface area contributed by atoms with E-state index >= 15 is 0 Å². The topological polar surface area (TPSA) is 4.93 Å². The van der Waals surface area contributed by atoms with Crippen molar-refractivity contribution >= 4 is 0 Å². The van der Waals surface area contributed by atoms with E-state index in [1.54, 1.807) is 0 Å². The first-order valence-corrected chi connectivity index (χ1v) is 4.66. The minimum absolute atomic E-state index is 0.967. The summed E-state index contributed by atoms with van der Waals surface area (Å²) in [5.41, 5.74) is 2.66. The third-order valence-corrected chi connectivity index (χ3v) is 2.02. The maximum atomic E-state index is 2.20. The summed E-state index contributed by atoms with van der Waals surface area (Å²) in [6.45, 7) is 7.20. The van der Waals surface area contributed by atoms with Gasteiger partial charge in [-0.05, 0) is 38.0 Å². The fourth-order valence-corrected chi connectivity index (χ4v) is 1.32. The zero-order valence-electron chi connectivity index (χ0n) is 8.62. The van der Waals surface area contributed by atoms with Crippen LogP contribution >= 0.6 is 0 Å². The molecule has 0 atom stereocenters. The molecule has 1 aromatic heterocycles. The molecule has 0 aliphatic rings. The van der Waals surface area contributed by atoms with Crippen LogP contribution in [0.15, 0.2) is 42.3 Å². The summed E-state index contributed by atoms with van der Waals surface area (Å²) in [7, 11) is 0. The van der Waals surface area contributed by atoms with Crippen molar-refractivity contribution in [2.45, 2.75) is 27.3 Å². The Morgan fingerprint density at radius 2 is 2.23 bits per heavy atom. The van der Waals surface area contributed by atoms with Gasteiger partial charge in [-0.2, -0.15) is 0 Å². The summed E-state index contributed by atoms with van der Waals surface area (Å²) < 4.78 is 2.20. The highest BCUT2D eigenvalue weighted by Crippen LogP contribution is 2.05. The van der Waals surface area contributed by atoms with Crippen molar-refractivity contribution in [3.05, 3.63) is 47.8 Å². The minimum Gasteiger partial charge on any atom is -0.350 e. The van der Waals surface area contributed by atoms with E-state index in [0.717, 1.165) is 6.54 Å². The molecule has 1 rings (SSSR count). The predicted octanol–water partition coefficient (Wildman–Crippen LogP) is 3.32. The fourth-order valence-electron chi connectivity index (χ4n) is 1.32. The van der Waals surface area contributed by atoms with Crippen LogP contribution < -0.4 is 0 Å². The lowest BCUT2D eigenvalue weighted by atomic mass is 10.2. The van der Waals surface area contributed by atoms with Gasteiger partial charge in [0, 0.05) is 18.9 Å². The van der Waals surface area contributed by atoms with Crippen molar-refractivity contribution in [2.24, 2.45) is 0 Å². The second-order valence-electron chi connectivity index (χ2n) is 3.22. The molecule has 0 N–H and O–H groups in total. The number of hydrogen-bond donors (Lipinski definition) is 0. The zero-order valence-corrected chi connectivity index (χ0v) is 8.62. The van der Waals surface area contributed by atoms with E-state index < -0.39 is 0 Å². The number of aromatic nitrogens is 1. The van der Waals surface area contributed by atoms with Gasteiger partial charge >= 0.3 is 0 Å². The average Bonchev–Trinajstić information content (AvgIpc) is 2.50. The SMILES string of the molecule is C/C=C\C(=C/C)Cn1ccc(C)c1. The maximum absolute atomic E-state index is 2.20. The highest BCUT2D eigenvalue weighted by Gasteiger charge is 1.93. The van der Waals surface area contributed by atoms with Crippen LogP contribution in [-0.2, 0) is 6.54 Å². The molecule has 1 nitrogen and oxygen atoms in total. The molecule has 0 spiro atoms. The molecule has 0 fully saturated rings. The Morgan fingerprint density at radius 1 is 1.46 bits per heavy atom. The Balaban J connectivity index is 2.67. The van der Waals surface area contributed by atoms with Gasteiger partial charge in [0.25, 0.3) is 0 Å². The van der Waals surface area contributed by atoms with Crippen LogP contribution in [0.2, 0.25) is 0 Å². The van der Waals surface area contributed by atoms with Gasteiger partial charge in [-0.3, -0.25) is 0 Å². The number of nitrogens with zero attached hydrogens (tertiary/aromatic N) is 1. The summed E-state index contributed by atoms with van der Waals surface area (Å²) in [5.74, 6) is 0. The van der Waals surface area contributed by atoms with Crippen LogP contribution in [0.25, 0.3) is 0 Å². The quantitative estimate of drug-likeness (QED) is 0.621. The molecule has 0 bridgehead atoms. The van der Waals surface area contributed by atoms with E-state index in [9.17, 15) is 0 Å². The second-order valence-corrected chi connectivity index (χ2v) is 3.22. The van der Waals surface area contributed by atoms with E-state index in [4.69, 9.17) is 0 Å². The summed E-state index contributed by atoms with van der Waals surface area (Å²) in [6.07, 6.45) is 10.6. The molecule has 0 amide bonds. The second kappa shape index (κ2) is 4.70. The Morgan fingerprint density at radius 3 is 2.69 bits per heavy atom. The Hall–Kier alpha value is -1.24. The first kappa shape index (κ1) is 9.85. The van der Waals surface area contributed by atoms with Crippen LogP contribution in [0.5, 0.6) is 0 Å². The van der Waals surface area contributed by atoms with Gasteiger partial charge in [0.1, 0.15) is 0 Å². The molecule has 0 radical (unpaired) electrons. The van der Waals surface area contributed by atoms with Crippen LogP contribution in [0.4, 0.5) is 0 Å². The van der Waals surface area contributed by atoms with E-state index in [-0.39, 0.29) is 0 Å². The van der Waals surface area contributed by atoms with Crippen LogP contribution in [0.3, 0.4) is 0 Å². The van der Waals surface area contributed by atoms with Gasteiger partial charge in [0.2, 0.25) is 0 Å². The molecular formula is C12H17N. The third-order valence-electron chi connectivity index (χ3n) is 2.02. The Bertz CT molecular complexity index is 316. The van der Waals surface area contributed by atoms with Gasteiger partial charge in [0.05, 0.1) is 0 Å². The molecule has 1 aromatic rings. The summed E-state index contributed by atoms with van der Waals surface area (Å²) in [6, 6.07) is 2.13. The summed E-state index contributed by atoms with van der Waals surface area (Å²) in [4.78, 5) is 0. The zero-order chi connectivity index (χ0) is 9.68. The first-order valence-electron chi connectivity index (χ1n) is 4.66. The van der Waals surface area contributed by atoms with E-state index in [0.29, 0.717) is 0 Å². The van der Waals surface area contributed by atoms with E-state index in [2.05, 4.69) is 55.1 Å². The molecule has 1 heterocycles. The Kier molecular flexibility index (Phi) is 3.56. The van der Waals surface area contributed by atoms with E-state index in [1.807, 2.05) is 6.92 Å². The van der Waals surface area contributed by atoms with Crippen LogP contribution in [-0.4, -0.2) is 4.57 Å². The van der Waals surface area contributed by atoms with Crippen molar-refractivity contribution in [1.29, 1.82) is 0 Å². The molecule has 0 aliphatic carbocycles. The molecule has 0 aliphatic heterocycles. The average molecular weight is 175 g/mol. The smallest absolute Gasteiger partial charge is 0.0466 e.